The van der Waals surface area contributed by atoms with E-state index >= 15 is 0 Å². The van der Waals surface area contributed by atoms with E-state index in [0.29, 0.717) is 16.3 Å². The summed E-state index contributed by atoms with van der Waals surface area (Å²) in [6.45, 7) is 5.44. The molecule has 0 saturated heterocycles. The van der Waals surface area contributed by atoms with Gasteiger partial charge in [-0.3, -0.25) is 0 Å². The SMILES string of the molecule is CCC1(C)C(Br)CC1OCCc1cccs1. The van der Waals surface area contributed by atoms with Crippen LogP contribution in [0, 0.1) is 5.41 Å². The zero-order valence-corrected chi connectivity index (χ0v) is 12.3. The molecule has 1 aromatic rings. The fraction of sp³-hybridized carbons (Fsp3) is 0.692. The molecule has 1 heterocycles. The van der Waals surface area contributed by atoms with E-state index in [1.807, 2.05) is 11.3 Å². The molecular weight excluding hydrogens is 284 g/mol. The summed E-state index contributed by atoms with van der Waals surface area (Å²) in [6.07, 6.45) is 3.85. The minimum absolute atomic E-state index is 0.343. The van der Waals surface area contributed by atoms with Crippen molar-refractivity contribution in [1.82, 2.24) is 0 Å². The quantitative estimate of drug-likeness (QED) is 0.739. The van der Waals surface area contributed by atoms with Gasteiger partial charge in [-0.15, -0.1) is 11.3 Å². The van der Waals surface area contributed by atoms with Gasteiger partial charge in [-0.1, -0.05) is 35.8 Å². The highest BCUT2D eigenvalue weighted by molar-refractivity contribution is 9.09. The zero-order valence-electron chi connectivity index (χ0n) is 9.91. The van der Waals surface area contributed by atoms with E-state index in [2.05, 4.69) is 47.3 Å². The second kappa shape index (κ2) is 5.19. The molecule has 0 spiro atoms. The molecule has 0 bridgehead atoms. The first-order chi connectivity index (χ1) is 7.66. The lowest BCUT2D eigenvalue weighted by molar-refractivity contribution is -0.0949. The zero-order chi connectivity index (χ0) is 11.6. The summed E-state index contributed by atoms with van der Waals surface area (Å²) in [4.78, 5) is 2.06. The molecule has 3 atom stereocenters. The average molecular weight is 303 g/mol. The Kier molecular flexibility index (Phi) is 4.09. The van der Waals surface area contributed by atoms with Crippen LogP contribution < -0.4 is 0 Å². The topological polar surface area (TPSA) is 9.23 Å². The van der Waals surface area contributed by atoms with Crippen molar-refractivity contribution in [3.05, 3.63) is 22.4 Å². The van der Waals surface area contributed by atoms with Crippen molar-refractivity contribution < 1.29 is 4.74 Å². The first-order valence-electron chi connectivity index (χ1n) is 5.95. The van der Waals surface area contributed by atoms with E-state index < -0.39 is 0 Å². The van der Waals surface area contributed by atoms with E-state index in [1.165, 1.54) is 11.3 Å². The van der Waals surface area contributed by atoms with Crippen molar-refractivity contribution in [2.75, 3.05) is 6.61 Å². The molecule has 90 valence electrons. The van der Waals surface area contributed by atoms with Gasteiger partial charge in [0, 0.05) is 21.5 Å². The number of alkyl halides is 1. The third kappa shape index (κ3) is 2.36. The molecule has 3 unspecified atom stereocenters. The highest BCUT2D eigenvalue weighted by Crippen LogP contribution is 2.50. The molecule has 3 heteroatoms. The van der Waals surface area contributed by atoms with E-state index in [4.69, 9.17) is 4.74 Å². The molecule has 1 nitrogen and oxygen atoms in total. The Morgan fingerprint density at radius 1 is 1.62 bits per heavy atom. The first-order valence-corrected chi connectivity index (χ1v) is 7.74. The van der Waals surface area contributed by atoms with Crippen molar-refractivity contribution in [3.8, 4) is 0 Å². The lowest BCUT2D eigenvalue weighted by Gasteiger charge is -2.51. The predicted molar refractivity (Wildman–Crippen MR) is 73.5 cm³/mol. The molecule has 1 saturated carbocycles. The van der Waals surface area contributed by atoms with Crippen molar-refractivity contribution in [3.63, 3.8) is 0 Å². The summed E-state index contributed by atoms with van der Waals surface area (Å²) in [7, 11) is 0. The number of thiophene rings is 1. The van der Waals surface area contributed by atoms with Gasteiger partial charge in [-0.05, 0) is 24.3 Å². The van der Waals surface area contributed by atoms with Crippen LogP contribution in [0.4, 0.5) is 0 Å². The Balaban J connectivity index is 1.75. The lowest BCUT2D eigenvalue weighted by atomic mass is 9.66. The van der Waals surface area contributed by atoms with Crippen LogP contribution in [0.1, 0.15) is 31.6 Å². The van der Waals surface area contributed by atoms with Gasteiger partial charge < -0.3 is 4.74 Å². The molecule has 0 aromatic carbocycles. The Morgan fingerprint density at radius 3 is 3.00 bits per heavy atom. The van der Waals surface area contributed by atoms with E-state index in [9.17, 15) is 0 Å². The molecule has 0 radical (unpaired) electrons. The maximum absolute atomic E-state index is 6.00. The molecule has 0 N–H and O–H groups in total. The monoisotopic (exact) mass is 302 g/mol. The predicted octanol–water partition coefficient (Wildman–Crippen LogP) is 4.26. The van der Waals surface area contributed by atoms with Crippen molar-refractivity contribution in [2.24, 2.45) is 5.41 Å². The van der Waals surface area contributed by atoms with Crippen LogP contribution in [0.2, 0.25) is 0 Å². The summed E-state index contributed by atoms with van der Waals surface area (Å²) < 4.78 is 6.00. The highest BCUT2D eigenvalue weighted by atomic mass is 79.9. The van der Waals surface area contributed by atoms with Crippen LogP contribution in [0.3, 0.4) is 0 Å². The number of ether oxygens (including phenoxy) is 1. The number of hydrogen-bond donors (Lipinski definition) is 0. The standard InChI is InChI=1S/C13H19BrOS/c1-3-13(2)11(14)9-12(13)15-7-6-10-5-4-8-16-10/h4-5,8,11-12H,3,6-7,9H2,1-2H3. The van der Waals surface area contributed by atoms with E-state index in [-0.39, 0.29) is 0 Å². The summed E-state index contributed by atoms with van der Waals surface area (Å²) in [5.41, 5.74) is 0.343. The Morgan fingerprint density at radius 2 is 2.44 bits per heavy atom. The van der Waals surface area contributed by atoms with Crippen LogP contribution in [0.25, 0.3) is 0 Å². The molecule has 16 heavy (non-hydrogen) atoms. The summed E-state index contributed by atoms with van der Waals surface area (Å²) in [5, 5.41) is 2.13. The third-order valence-corrected chi connectivity index (χ3v) is 6.24. The number of rotatable bonds is 5. The average Bonchev–Trinajstić information content (AvgIpc) is 2.80. The van der Waals surface area contributed by atoms with E-state index in [0.717, 1.165) is 19.4 Å². The van der Waals surface area contributed by atoms with Crippen molar-refractivity contribution >= 4 is 27.3 Å². The van der Waals surface area contributed by atoms with Crippen LogP contribution in [-0.4, -0.2) is 17.5 Å². The van der Waals surface area contributed by atoms with Gasteiger partial charge in [0.2, 0.25) is 0 Å². The van der Waals surface area contributed by atoms with Gasteiger partial charge in [0.1, 0.15) is 0 Å². The van der Waals surface area contributed by atoms with Gasteiger partial charge in [-0.25, -0.2) is 0 Å². The smallest absolute Gasteiger partial charge is 0.0650 e. The number of hydrogen-bond acceptors (Lipinski definition) is 2. The minimum Gasteiger partial charge on any atom is -0.377 e. The van der Waals surface area contributed by atoms with Gasteiger partial charge in [0.15, 0.2) is 0 Å². The van der Waals surface area contributed by atoms with Gasteiger partial charge in [-0.2, -0.15) is 0 Å². The molecule has 1 aliphatic carbocycles. The summed E-state index contributed by atoms with van der Waals surface area (Å²) in [6, 6.07) is 4.29. The molecule has 0 aliphatic heterocycles. The maximum atomic E-state index is 6.00. The lowest BCUT2D eigenvalue weighted by Crippen LogP contribution is -2.53. The highest BCUT2D eigenvalue weighted by Gasteiger charge is 2.49. The largest absolute Gasteiger partial charge is 0.377 e. The van der Waals surface area contributed by atoms with Crippen LogP contribution in [0.5, 0.6) is 0 Å². The minimum atomic E-state index is 0.343. The molecule has 1 fully saturated rings. The second-order valence-corrected chi connectivity index (χ2v) is 6.89. The number of halogens is 1. The van der Waals surface area contributed by atoms with Crippen molar-refractivity contribution in [1.29, 1.82) is 0 Å². The Hall–Kier alpha value is 0.140. The fourth-order valence-electron chi connectivity index (χ4n) is 2.23. The maximum Gasteiger partial charge on any atom is 0.0650 e. The van der Waals surface area contributed by atoms with Crippen LogP contribution >= 0.6 is 27.3 Å². The van der Waals surface area contributed by atoms with Gasteiger partial charge >= 0.3 is 0 Å². The first kappa shape index (κ1) is 12.6. The molecule has 0 amide bonds. The van der Waals surface area contributed by atoms with Crippen molar-refractivity contribution in [2.45, 2.75) is 44.0 Å². The Bertz CT molecular complexity index is 325. The van der Waals surface area contributed by atoms with E-state index in [1.54, 1.807) is 0 Å². The fourth-order valence-corrected chi connectivity index (χ4v) is 3.88. The third-order valence-electron chi connectivity index (χ3n) is 3.88. The molecular formula is C13H19BrOS. The molecule has 1 aromatic heterocycles. The summed E-state index contributed by atoms with van der Waals surface area (Å²) in [5.74, 6) is 0. The van der Waals surface area contributed by atoms with Crippen LogP contribution in [-0.2, 0) is 11.2 Å². The second-order valence-electron chi connectivity index (χ2n) is 4.75. The molecule has 2 rings (SSSR count). The molecule has 1 aliphatic rings. The normalized spacial score (nSPS) is 33.7. The summed E-state index contributed by atoms with van der Waals surface area (Å²) >= 11 is 5.55. The van der Waals surface area contributed by atoms with Crippen LogP contribution in [0.15, 0.2) is 17.5 Å². The van der Waals surface area contributed by atoms with Gasteiger partial charge in [0.25, 0.3) is 0 Å². The Labute approximate surface area is 110 Å². The van der Waals surface area contributed by atoms with Gasteiger partial charge in [0.05, 0.1) is 12.7 Å².